The summed E-state index contributed by atoms with van der Waals surface area (Å²) in [5, 5.41) is 10.4. The molecule has 0 amide bonds. The van der Waals surface area contributed by atoms with Gasteiger partial charge in [-0.2, -0.15) is 0 Å². The lowest BCUT2D eigenvalue weighted by molar-refractivity contribution is 0.112. The van der Waals surface area contributed by atoms with Gasteiger partial charge in [-0.25, -0.2) is 0 Å². The van der Waals surface area contributed by atoms with Gasteiger partial charge < -0.3 is 10.1 Å². The fourth-order valence-corrected chi connectivity index (χ4v) is 2.81. The Kier molecular flexibility index (Phi) is 1.61. The highest BCUT2D eigenvalue weighted by Crippen LogP contribution is 2.35. The SMILES string of the molecule is O=Cc1cc2sc3ccc(O)cc3c2[nH]1. The zero-order valence-corrected chi connectivity index (χ0v) is 8.47. The van der Waals surface area contributed by atoms with Crippen LogP contribution in [0.3, 0.4) is 0 Å². The fourth-order valence-electron chi connectivity index (χ4n) is 1.72. The van der Waals surface area contributed by atoms with Gasteiger partial charge in [0.2, 0.25) is 0 Å². The second-order valence-corrected chi connectivity index (χ2v) is 4.45. The zero-order chi connectivity index (χ0) is 10.4. The van der Waals surface area contributed by atoms with Gasteiger partial charge in [-0.3, -0.25) is 4.79 Å². The Labute approximate surface area is 89.0 Å². The lowest BCUT2D eigenvalue weighted by Gasteiger charge is -1.91. The molecule has 0 aliphatic carbocycles. The number of aromatic nitrogens is 1. The molecule has 0 fully saturated rings. The van der Waals surface area contributed by atoms with Crippen LogP contribution in [0.15, 0.2) is 24.3 Å². The molecule has 0 atom stereocenters. The number of fused-ring (bicyclic) bond motifs is 3. The number of benzene rings is 1. The third-order valence-corrected chi connectivity index (χ3v) is 3.50. The molecule has 0 saturated heterocycles. The van der Waals surface area contributed by atoms with E-state index in [0.717, 1.165) is 26.6 Å². The van der Waals surface area contributed by atoms with Gasteiger partial charge in [0.25, 0.3) is 0 Å². The van der Waals surface area contributed by atoms with E-state index in [0.29, 0.717) is 5.69 Å². The predicted octanol–water partition coefficient (Wildman–Crippen LogP) is 2.90. The molecule has 2 aromatic heterocycles. The normalized spacial score (nSPS) is 11.2. The number of nitrogens with one attached hydrogen (secondary N) is 1. The van der Waals surface area contributed by atoms with Gasteiger partial charge in [-0.1, -0.05) is 0 Å². The van der Waals surface area contributed by atoms with Crippen LogP contribution in [-0.2, 0) is 0 Å². The molecule has 2 heterocycles. The summed E-state index contributed by atoms with van der Waals surface area (Å²) in [5.74, 6) is 0.240. The van der Waals surface area contributed by atoms with E-state index in [2.05, 4.69) is 4.98 Å². The Morgan fingerprint density at radius 1 is 1.27 bits per heavy atom. The second kappa shape index (κ2) is 2.84. The van der Waals surface area contributed by atoms with E-state index in [1.807, 2.05) is 12.1 Å². The van der Waals surface area contributed by atoms with Crippen LogP contribution < -0.4 is 0 Å². The summed E-state index contributed by atoms with van der Waals surface area (Å²) in [6, 6.07) is 7.07. The number of aldehydes is 1. The Balaban J connectivity index is 2.47. The molecule has 3 aromatic rings. The van der Waals surface area contributed by atoms with E-state index in [1.54, 1.807) is 23.5 Å². The van der Waals surface area contributed by atoms with Crippen molar-refractivity contribution in [2.24, 2.45) is 0 Å². The molecule has 0 saturated carbocycles. The molecule has 0 radical (unpaired) electrons. The summed E-state index contributed by atoms with van der Waals surface area (Å²) in [5.41, 5.74) is 1.49. The molecule has 4 heteroatoms. The van der Waals surface area contributed by atoms with Crippen LogP contribution in [0.2, 0.25) is 0 Å². The largest absolute Gasteiger partial charge is 0.508 e. The minimum absolute atomic E-state index is 0.240. The third-order valence-electron chi connectivity index (χ3n) is 2.38. The van der Waals surface area contributed by atoms with Crippen LogP contribution in [0.5, 0.6) is 5.75 Å². The number of rotatable bonds is 1. The molecule has 0 unspecified atom stereocenters. The molecule has 2 N–H and O–H groups in total. The average Bonchev–Trinajstić information content (AvgIpc) is 2.75. The summed E-state index contributed by atoms with van der Waals surface area (Å²) in [4.78, 5) is 13.6. The molecular weight excluding hydrogens is 210 g/mol. The lowest BCUT2D eigenvalue weighted by atomic mass is 10.2. The van der Waals surface area contributed by atoms with Gasteiger partial charge in [-0.05, 0) is 24.3 Å². The summed E-state index contributed by atoms with van der Waals surface area (Å²) in [6.45, 7) is 0. The number of carbonyl (C=O) groups is 1. The smallest absolute Gasteiger partial charge is 0.166 e. The van der Waals surface area contributed by atoms with Crippen LogP contribution >= 0.6 is 11.3 Å². The van der Waals surface area contributed by atoms with E-state index < -0.39 is 0 Å². The molecular formula is C11H7NO2S. The number of carbonyl (C=O) groups excluding carboxylic acids is 1. The Bertz CT molecular complexity index is 666. The monoisotopic (exact) mass is 217 g/mol. The average molecular weight is 217 g/mol. The fraction of sp³-hybridized carbons (Fsp3) is 0. The lowest BCUT2D eigenvalue weighted by Crippen LogP contribution is -1.75. The molecule has 0 aliphatic rings. The second-order valence-electron chi connectivity index (χ2n) is 3.36. The standard InChI is InChI=1S/C11H7NO2S/c13-5-6-3-10-11(12-6)8-4-7(14)1-2-9(8)15-10/h1-5,12,14H. The number of hydrogen-bond donors (Lipinski definition) is 2. The van der Waals surface area contributed by atoms with Gasteiger partial charge in [0.05, 0.1) is 15.9 Å². The van der Waals surface area contributed by atoms with E-state index in [4.69, 9.17) is 0 Å². The minimum Gasteiger partial charge on any atom is -0.508 e. The number of aromatic hydroxyl groups is 1. The first-order valence-corrected chi connectivity index (χ1v) is 5.29. The topological polar surface area (TPSA) is 53.1 Å². The van der Waals surface area contributed by atoms with Crippen LogP contribution in [0.1, 0.15) is 10.5 Å². The molecule has 0 aliphatic heterocycles. The van der Waals surface area contributed by atoms with Crippen molar-refractivity contribution in [1.82, 2.24) is 4.98 Å². The number of phenolic OH excluding ortho intramolecular Hbond substituents is 1. The van der Waals surface area contributed by atoms with Crippen molar-refractivity contribution in [3.05, 3.63) is 30.0 Å². The Morgan fingerprint density at radius 2 is 2.13 bits per heavy atom. The Morgan fingerprint density at radius 3 is 2.93 bits per heavy atom. The quantitative estimate of drug-likeness (QED) is 0.616. The number of phenols is 1. The van der Waals surface area contributed by atoms with Crippen molar-refractivity contribution in [3.8, 4) is 5.75 Å². The van der Waals surface area contributed by atoms with Gasteiger partial charge in [0.15, 0.2) is 6.29 Å². The van der Waals surface area contributed by atoms with Gasteiger partial charge >= 0.3 is 0 Å². The molecule has 3 rings (SSSR count). The zero-order valence-electron chi connectivity index (χ0n) is 7.65. The van der Waals surface area contributed by atoms with Crippen molar-refractivity contribution in [2.45, 2.75) is 0 Å². The molecule has 0 bridgehead atoms. The van der Waals surface area contributed by atoms with Gasteiger partial charge in [-0.15, -0.1) is 11.3 Å². The molecule has 15 heavy (non-hydrogen) atoms. The van der Waals surface area contributed by atoms with E-state index in [9.17, 15) is 9.90 Å². The molecule has 1 aromatic carbocycles. The maximum atomic E-state index is 10.6. The molecule has 3 nitrogen and oxygen atoms in total. The maximum absolute atomic E-state index is 10.6. The highest BCUT2D eigenvalue weighted by molar-refractivity contribution is 7.25. The van der Waals surface area contributed by atoms with Crippen molar-refractivity contribution < 1.29 is 9.90 Å². The van der Waals surface area contributed by atoms with Crippen LogP contribution in [0.25, 0.3) is 20.3 Å². The van der Waals surface area contributed by atoms with E-state index in [-0.39, 0.29) is 5.75 Å². The predicted molar refractivity (Wildman–Crippen MR) is 60.7 cm³/mol. The number of H-pyrrole nitrogens is 1. The summed E-state index contributed by atoms with van der Waals surface area (Å²) in [7, 11) is 0. The first-order valence-electron chi connectivity index (χ1n) is 4.47. The first kappa shape index (κ1) is 8.49. The van der Waals surface area contributed by atoms with Crippen molar-refractivity contribution in [3.63, 3.8) is 0 Å². The van der Waals surface area contributed by atoms with E-state index in [1.165, 1.54) is 0 Å². The van der Waals surface area contributed by atoms with Crippen molar-refractivity contribution in [1.29, 1.82) is 0 Å². The maximum Gasteiger partial charge on any atom is 0.166 e. The van der Waals surface area contributed by atoms with Crippen LogP contribution in [0, 0.1) is 0 Å². The summed E-state index contributed by atoms with van der Waals surface area (Å²) < 4.78 is 2.14. The number of thiophene rings is 1. The summed E-state index contributed by atoms with van der Waals surface area (Å²) in [6.07, 6.45) is 0.793. The van der Waals surface area contributed by atoms with Gasteiger partial charge in [0, 0.05) is 10.1 Å². The summed E-state index contributed by atoms with van der Waals surface area (Å²) >= 11 is 1.61. The van der Waals surface area contributed by atoms with Crippen LogP contribution in [0.4, 0.5) is 0 Å². The van der Waals surface area contributed by atoms with Crippen molar-refractivity contribution in [2.75, 3.05) is 0 Å². The third kappa shape index (κ3) is 1.15. The van der Waals surface area contributed by atoms with Crippen molar-refractivity contribution >= 4 is 37.9 Å². The molecule has 74 valence electrons. The van der Waals surface area contributed by atoms with Gasteiger partial charge in [0.1, 0.15) is 5.75 Å². The highest BCUT2D eigenvalue weighted by atomic mass is 32.1. The Hall–Kier alpha value is -1.81. The first-order chi connectivity index (χ1) is 7.28. The van der Waals surface area contributed by atoms with E-state index >= 15 is 0 Å². The van der Waals surface area contributed by atoms with Crippen LogP contribution in [-0.4, -0.2) is 16.4 Å². The number of aromatic amines is 1. The number of hydrogen-bond acceptors (Lipinski definition) is 3. The minimum atomic E-state index is 0.240. The molecule has 0 spiro atoms. The highest BCUT2D eigenvalue weighted by Gasteiger charge is 2.08.